The normalized spacial score (nSPS) is 10.5. The van der Waals surface area contributed by atoms with Gasteiger partial charge in [0.15, 0.2) is 0 Å². The van der Waals surface area contributed by atoms with Crippen molar-refractivity contribution in [1.29, 1.82) is 0 Å². The van der Waals surface area contributed by atoms with E-state index in [1.54, 1.807) is 48.8 Å². The summed E-state index contributed by atoms with van der Waals surface area (Å²) in [5.41, 5.74) is 1.71. The Labute approximate surface area is 164 Å². The Morgan fingerprint density at radius 3 is 2.62 bits per heavy atom. The van der Waals surface area contributed by atoms with E-state index in [4.69, 9.17) is 4.52 Å². The molecule has 4 aromatic rings. The number of benzene rings is 2. The van der Waals surface area contributed by atoms with E-state index in [1.165, 1.54) is 24.3 Å². The van der Waals surface area contributed by atoms with E-state index in [9.17, 15) is 14.9 Å². The lowest BCUT2D eigenvalue weighted by atomic mass is 10.1. The number of amides is 1. The van der Waals surface area contributed by atoms with E-state index in [0.29, 0.717) is 17.1 Å². The average Bonchev–Trinajstić information content (AvgIpc) is 3.25. The summed E-state index contributed by atoms with van der Waals surface area (Å²) in [4.78, 5) is 31.3. The summed E-state index contributed by atoms with van der Waals surface area (Å²) in [7, 11) is 0. The number of hydrogen-bond acceptors (Lipinski definition) is 7. The number of carbonyl (C=O) groups excluding carboxylic acids is 1. The number of nitro groups is 1. The van der Waals surface area contributed by atoms with E-state index < -0.39 is 10.8 Å². The van der Waals surface area contributed by atoms with Gasteiger partial charge in [0.25, 0.3) is 17.5 Å². The maximum atomic E-state index is 12.6. The Hall–Kier alpha value is -4.40. The van der Waals surface area contributed by atoms with Crippen molar-refractivity contribution in [3.63, 3.8) is 0 Å². The maximum absolute atomic E-state index is 12.6. The number of hydrogen-bond donors (Lipinski definition) is 1. The van der Waals surface area contributed by atoms with Gasteiger partial charge < -0.3 is 9.84 Å². The van der Waals surface area contributed by atoms with Gasteiger partial charge in [-0.2, -0.15) is 4.98 Å². The molecule has 2 aromatic heterocycles. The van der Waals surface area contributed by atoms with Crippen molar-refractivity contribution in [3.05, 3.63) is 88.7 Å². The average molecular weight is 387 g/mol. The molecule has 0 radical (unpaired) electrons. The molecule has 9 heteroatoms. The Kier molecular flexibility index (Phi) is 4.77. The Morgan fingerprint density at radius 2 is 1.83 bits per heavy atom. The molecule has 0 aliphatic heterocycles. The molecular weight excluding hydrogens is 374 g/mol. The molecule has 0 spiro atoms. The minimum absolute atomic E-state index is 0.162. The fourth-order valence-electron chi connectivity index (χ4n) is 2.68. The van der Waals surface area contributed by atoms with Crippen LogP contribution < -0.4 is 5.32 Å². The van der Waals surface area contributed by atoms with Crippen molar-refractivity contribution in [3.8, 4) is 22.8 Å². The van der Waals surface area contributed by atoms with Gasteiger partial charge in [-0.15, -0.1) is 0 Å². The summed E-state index contributed by atoms with van der Waals surface area (Å²) >= 11 is 0. The zero-order valence-electron chi connectivity index (χ0n) is 14.9. The van der Waals surface area contributed by atoms with Crippen molar-refractivity contribution in [2.75, 3.05) is 5.32 Å². The van der Waals surface area contributed by atoms with Gasteiger partial charge in [0.05, 0.1) is 16.2 Å². The molecule has 0 aliphatic rings. The molecule has 0 bridgehead atoms. The second kappa shape index (κ2) is 7.69. The standard InChI is InChI=1S/C20H13N5O4/c26-19(14-4-3-5-15(12-14)25(27)28)22-17-7-2-1-6-16(17)20-23-18(24-29-20)13-8-10-21-11-9-13/h1-12H,(H,22,26). The van der Waals surface area contributed by atoms with Crippen LogP contribution in [0, 0.1) is 10.1 Å². The van der Waals surface area contributed by atoms with Gasteiger partial charge in [0.2, 0.25) is 5.82 Å². The fraction of sp³-hybridized carbons (Fsp3) is 0. The number of nitrogens with zero attached hydrogens (tertiary/aromatic N) is 4. The van der Waals surface area contributed by atoms with Crippen molar-refractivity contribution >= 4 is 17.3 Å². The van der Waals surface area contributed by atoms with Gasteiger partial charge in [0.1, 0.15) is 0 Å². The van der Waals surface area contributed by atoms with Gasteiger partial charge in [-0.1, -0.05) is 23.4 Å². The molecule has 0 aliphatic carbocycles. The van der Waals surface area contributed by atoms with Crippen LogP contribution in [0.1, 0.15) is 10.4 Å². The van der Waals surface area contributed by atoms with Crippen LogP contribution in [0.15, 0.2) is 77.6 Å². The third kappa shape index (κ3) is 3.83. The Morgan fingerprint density at radius 1 is 1.03 bits per heavy atom. The predicted octanol–water partition coefficient (Wildman–Crippen LogP) is 3.96. The summed E-state index contributed by atoms with van der Waals surface area (Å²) in [6, 6.07) is 15.9. The Balaban J connectivity index is 1.63. The van der Waals surface area contributed by atoms with Gasteiger partial charge in [-0.05, 0) is 30.3 Å². The summed E-state index contributed by atoms with van der Waals surface area (Å²) in [6.45, 7) is 0. The van der Waals surface area contributed by atoms with Gasteiger partial charge >= 0.3 is 0 Å². The van der Waals surface area contributed by atoms with Crippen molar-refractivity contribution < 1.29 is 14.2 Å². The van der Waals surface area contributed by atoms with E-state index in [-0.39, 0.29) is 17.1 Å². The maximum Gasteiger partial charge on any atom is 0.270 e. The molecule has 1 amide bonds. The largest absolute Gasteiger partial charge is 0.334 e. The first-order chi connectivity index (χ1) is 14.1. The van der Waals surface area contributed by atoms with Crippen LogP contribution in [0.5, 0.6) is 0 Å². The second-order valence-corrected chi connectivity index (χ2v) is 5.97. The number of pyridine rings is 1. The number of nitrogens with one attached hydrogen (secondary N) is 1. The molecule has 0 saturated heterocycles. The summed E-state index contributed by atoms with van der Waals surface area (Å²) < 4.78 is 5.36. The number of anilines is 1. The van der Waals surface area contributed by atoms with Crippen molar-refractivity contribution in [1.82, 2.24) is 15.1 Å². The minimum atomic E-state index is -0.552. The van der Waals surface area contributed by atoms with Crippen LogP contribution in [0.4, 0.5) is 11.4 Å². The lowest BCUT2D eigenvalue weighted by Crippen LogP contribution is -2.12. The molecule has 2 aromatic carbocycles. The molecule has 142 valence electrons. The molecule has 0 atom stereocenters. The molecule has 2 heterocycles. The van der Waals surface area contributed by atoms with Gasteiger partial charge in [-0.25, -0.2) is 0 Å². The monoisotopic (exact) mass is 387 g/mol. The van der Waals surface area contributed by atoms with Gasteiger partial charge in [0, 0.05) is 35.7 Å². The first kappa shape index (κ1) is 18.0. The lowest BCUT2D eigenvalue weighted by molar-refractivity contribution is -0.384. The van der Waals surface area contributed by atoms with Crippen LogP contribution in [-0.4, -0.2) is 26.0 Å². The molecule has 0 unspecified atom stereocenters. The highest BCUT2D eigenvalue weighted by atomic mass is 16.6. The predicted molar refractivity (Wildman–Crippen MR) is 104 cm³/mol. The third-order valence-electron chi connectivity index (χ3n) is 4.09. The van der Waals surface area contributed by atoms with E-state index in [1.807, 2.05) is 0 Å². The number of non-ortho nitro benzene ring substituents is 1. The highest BCUT2D eigenvalue weighted by molar-refractivity contribution is 6.06. The number of rotatable bonds is 5. The topological polar surface area (TPSA) is 124 Å². The number of aromatic nitrogens is 3. The van der Waals surface area contributed by atoms with Crippen LogP contribution >= 0.6 is 0 Å². The Bertz CT molecular complexity index is 1190. The van der Waals surface area contributed by atoms with Crippen LogP contribution in [0.2, 0.25) is 0 Å². The number of para-hydroxylation sites is 1. The molecule has 29 heavy (non-hydrogen) atoms. The zero-order valence-corrected chi connectivity index (χ0v) is 14.9. The SMILES string of the molecule is O=C(Nc1ccccc1-c1nc(-c2ccncc2)no1)c1cccc([N+](=O)[O-])c1. The van der Waals surface area contributed by atoms with Crippen molar-refractivity contribution in [2.24, 2.45) is 0 Å². The molecular formula is C20H13N5O4. The van der Waals surface area contributed by atoms with Crippen LogP contribution in [0.25, 0.3) is 22.8 Å². The molecule has 0 fully saturated rings. The minimum Gasteiger partial charge on any atom is -0.334 e. The summed E-state index contributed by atoms with van der Waals surface area (Å²) in [5, 5.41) is 17.6. The highest BCUT2D eigenvalue weighted by Gasteiger charge is 2.17. The lowest BCUT2D eigenvalue weighted by Gasteiger charge is -2.08. The molecule has 0 saturated carbocycles. The number of carbonyl (C=O) groups is 1. The van der Waals surface area contributed by atoms with E-state index in [2.05, 4.69) is 20.4 Å². The van der Waals surface area contributed by atoms with Crippen LogP contribution in [-0.2, 0) is 0 Å². The first-order valence-electron chi connectivity index (χ1n) is 8.51. The second-order valence-electron chi connectivity index (χ2n) is 5.97. The fourth-order valence-corrected chi connectivity index (χ4v) is 2.68. The molecule has 1 N–H and O–H groups in total. The smallest absolute Gasteiger partial charge is 0.270 e. The highest BCUT2D eigenvalue weighted by Crippen LogP contribution is 2.29. The third-order valence-corrected chi connectivity index (χ3v) is 4.09. The first-order valence-corrected chi connectivity index (χ1v) is 8.51. The quantitative estimate of drug-likeness (QED) is 0.406. The zero-order chi connectivity index (χ0) is 20.2. The van der Waals surface area contributed by atoms with Crippen molar-refractivity contribution in [2.45, 2.75) is 0 Å². The number of nitro benzene ring substituents is 1. The summed E-state index contributed by atoms with van der Waals surface area (Å²) in [5.74, 6) is 0.129. The van der Waals surface area contributed by atoms with Gasteiger partial charge in [-0.3, -0.25) is 19.9 Å². The van der Waals surface area contributed by atoms with E-state index >= 15 is 0 Å². The molecule has 4 rings (SSSR count). The van der Waals surface area contributed by atoms with E-state index in [0.717, 1.165) is 5.56 Å². The van der Waals surface area contributed by atoms with Crippen LogP contribution in [0.3, 0.4) is 0 Å². The molecule has 9 nitrogen and oxygen atoms in total. The summed E-state index contributed by atoms with van der Waals surface area (Å²) in [6.07, 6.45) is 3.25.